The highest BCUT2D eigenvalue weighted by atomic mass is 16.5. The first-order valence-corrected chi connectivity index (χ1v) is 10.9. The average Bonchev–Trinajstić information content (AvgIpc) is 3.42. The first kappa shape index (κ1) is 20.6. The van der Waals surface area contributed by atoms with Crippen LogP contribution >= 0.6 is 0 Å². The molecule has 0 aliphatic carbocycles. The molecule has 0 spiro atoms. The first-order valence-electron chi connectivity index (χ1n) is 10.9. The van der Waals surface area contributed by atoms with Crippen LogP contribution in [0.1, 0.15) is 37.3 Å². The highest BCUT2D eigenvalue weighted by molar-refractivity contribution is 5.80. The lowest BCUT2D eigenvalue weighted by molar-refractivity contribution is 0.113. The van der Waals surface area contributed by atoms with E-state index in [0.29, 0.717) is 12.6 Å². The minimum absolute atomic E-state index is 0.264. The summed E-state index contributed by atoms with van der Waals surface area (Å²) in [5.41, 5.74) is 0. The summed E-state index contributed by atoms with van der Waals surface area (Å²) in [7, 11) is 1.97. The largest absolute Gasteiger partial charge is 0.376 e. The van der Waals surface area contributed by atoms with Crippen LogP contribution < -0.4 is 15.5 Å². The standard InChI is InChI=1S/C21H32N8O/c1-16-26-27-20(28(16)2)15-24-21(23-14-18-6-5-13-30-18)25-17-8-11-29(12-9-17)19-7-3-4-10-22-19/h3-4,7,10,17-18H,5-6,8-9,11-15H2,1-2H3,(H2,23,24,25). The minimum Gasteiger partial charge on any atom is -0.376 e. The smallest absolute Gasteiger partial charge is 0.192 e. The topological polar surface area (TPSA) is 92.5 Å². The molecule has 1 atom stereocenters. The molecule has 2 N–H and O–H groups in total. The number of pyridine rings is 1. The zero-order chi connectivity index (χ0) is 20.8. The maximum absolute atomic E-state index is 5.76. The van der Waals surface area contributed by atoms with E-state index in [4.69, 9.17) is 9.73 Å². The number of hydrogen-bond acceptors (Lipinski definition) is 6. The molecule has 162 valence electrons. The Morgan fingerprint density at radius 1 is 1.23 bits per heavy atom. The van der Waals surface area contributed by atoms with Crippen LogP contribution in [0, 0.1) is 6.92 Å². The summed E-state index contributed by atoms with van der Waals surface area (Å²) >= 11 is 0. The van der Waals surface area contributed by atoms with Crippen LogP contribution in [0.2, 0.25) is 0 Å². The molecule has 4 heterocycles. The monoisotopic (exact) mass is 412 g/mol. The van der Waals surface area contributed by atoms with Crippen molar-refractivity contribution in [1.29, 1.82) is 0 Å². The van der Waals surface area contributed by atoms with Gasteiger partial charge in [0.15, 0.2) is 11.8 Å². The van der Waals surface area contributed by atoms with Gasteiger partial charge < -0.3 is 24.8 Å². The van der Waals surface area contributed by atoms with Crippen molar-refractivity contribution in [3.8, 4) is 0 Å². The van der Waals surface area contributed by atoms with E-state index >= 15 is 0 Å². The predicted octanol–water partition coefficient (Wildman–Crippen LogP) is 1.40. The molecule has 9 heteroatoms. The highest BCUT2D eigenvalue weighted by Crippen LogP contribution is 2.17. The number of anilines is 1. The van der Waals surface area contributed by atoms with Gasteiger partial charge in [-0.25, -0.2) is 9.98 Å². The summed E-state index contributed by atoms with van der Waals surface area (Å²) in [5.74, 6) is 3.63. The quantitative estimate of drug-likeness (QED) is 0.547. The molecule has 0 amide bonds. The highest BCUT2D eigenvalue weighted by Gasteiger charge is 2.22. The van der Waals surface area contributed by atoms with Crippen LogP contribution in [0.4, 0.5) is 5.82 Å². The molecule has 0 aromatic carbocycles. The van der Waals surface area contributed by atoms with E-state index in [2.05, 4.69) is 36.8 Å². The summed E-state index contributed by atoms with van der Waals surface area (Å²) in [6.07, 6.45) is 6.44. The second-order valence-corrected chi connectivity index (χ2v) is 8.00. The van der Waals surface area contributed by atoms with Gasteiger partial charge in [0.2, 0.25) is 0 Å². The maximum atomic E-state index is 5.76. The number of ether oxygens (including phenoxy) is 1. The number of nitrogens with one attached hydrogen (secondary N) is 2. The van der Waals surface area contributed by atoms with E-state index < -0.39 is 0 Å². The third kappa shape index (κ3) is 5.27. The number of aryl methyl sites for hydroxylation is 1. The molecule has 4 rings (SSSR count). The fraction of sp³-hybridized carbons (Fsp3) is 0.619. The van der Waals surface area contributed by atoms with Crippen molar-refractivity contribution in [2.75, 3.05) is 31.1 Å². The summed E-state index contributed by atoms with van der Waals surface area (Å²) in [4.78, 5) is 11.6. The van der Waals surface area contributed by atoms with Crippen molar-refractivity contribution < 1.29 is 4.74 Å². The number of aromatic nitrogens is 4. The molecule has 1 unspecified atom stereocenters. The molecule has 2 aliphatic rings. The Hall–Kier alpha value is -2.68. The molecule has 0 saturated carbocycles. The lowest BCUT2D eigenvalue weighted by Gasteiger charge is -2.34. The molecule has 2 aromatic rings. The number of piperidine rings is 1. The van der Waals surface area contributed by atoms with Crippen LogP contribution in [0.15, 0.2) is 29.4 Å². The lowest BCUT2D eigenvalue weighted by atomic mass is 10.1. The van der Waals surface area contributed by atoms with Gasteiger partial charge in [-0.3, -0.25) is 0 Å². The molecule has 2 fully saturated rings. The van der Waals surface area contributed by atoms with Gasteiger partial charge in [0.05, 0.1) is 6.10 Å². The summed E-state index contributed by atoms with van der Waals surface area (Å²) in [6, 6.07) is 6.45. The molecule has 9 nitrogen and oxygen atoms in total. The Kier molecular flexibility index (Phi) is 6.78. The second kappa shape index (κ2) is 9.88. The van der Waals surface area contributed by atoms with Crippen LogP contribution in [-0.4, -0.2) is 64.1 Å². The molecule has 2 aromatic heterocycles. The van der Waals surface area contributed by atoms with Crippen molar-refractivity contribution in [2.24, 2.45) is 12.0 Å². The second-order valence-electron chi connectivity index (χ2n) is 8.00. The van der Waals surface area contributed by atoms with Crippen molar-refractivity contribution in [3.63, 3.8) is 0 Å². The first-order chi connectivity index (χ1) is 14.7. The van der Waals surface area contributed by atoms with E-state index in [-0.39, 0.29) is 6.10 Å². The lowest BCUT2D eigenvalue weighted by Crippen LogP contribution is -2.50. The number of aliphatic imine (C=N–C) groups is 1. The Morgan fingerprint density at radius 3 is 2.77 bits per heavy atom. The Labute approximate surface area is 178 Å². The predicted molar refractivity (Wildman–Crippen MR) is 116 cm³/mol. The van der Waals surface area contributed by atoms with Crippen molar-refractivity contribution in [2.45, 2.75) is 51.3 Å². The van der Waals surface area contributed by atoms with Gasteiger partial charge in [0.25, 0.3) is 0 Å². The summed E-state index contributed by atoms with van der Waals surface area (Å²) in [5, 5.41) is 15.5. The van der Waals surface area contributed by atoms with Crippen LogP contribution in [-0.2, 0) is 18.3 Å². The number of rotatable bonds is 6. The average molecular weight is 413 g/mol. The normalized spacial score (nSPS) is 20.5. The van der Waals surface area contributed by atoms with Gasteiger partial charge in [-0.2, -0.15) is 0 Å². The van der Waals surface area contributed by atoms with Gasteiger partial charge >= 0.3 is 0 Å². The third-order valence-corrected chi connectivity index (χ3v) is 5.89. The van der Waals surface area contributed by atoms with E-state index in [1.54, 1.807) is 0 Å². The molecule has 2 saturated heterocycles. The Morgan fingerprint density at radius 2 is 2.10 bits per heavy atom. The zero-order valence-electron chi connectivity index (χ0n) is 17.9. The minimum atomic E-state index is 0.264. The molecule has 30 heavy (non-hydrogen) atoms. The maximum Gasteiger partial charge on any atom is 0.192 e. The van der Waals surface area contributed by atoms with E-state index in [9.17, 15) is 0 Å². The van der Waals surface area contributed by atoms with Gasteiger partial charge in [-0.1, -0.05) is 6.07 Å². The van der Waals surface area contributed by atoms with Crippen molar-refractivity contribution in [3.05, 3.63) is 36.0 Å². The van der Waals surface area contributed by atoms with E-state index in [1.807, 2.05) is 36.9 Å². The third-order valence-electron chi connectivity index (χ3n) is 5.89. The van der Waals surface area contributed by atoms with Crippen LogP contribution in [0.25, 0.3) is 0 Å². The van der Waals surface area contributed by atoms with Gasteiger partial charge in [0, 0.05) is 45.5 Å². The number of nitrogens with zero attached hydrogens (tertiary/aromatic N) is 6. The summed E-state index contributed by atoms with van der Waals surface area (Å²) < 4.78 is 7.73. The Bertz CT molecular complexity index is 823. The van der Waals surface area contributed by atoms with Crippen LogP contribution in [0.5, 0.6) is 0 Å². The van der Waals surface area contributed by atoms with E-state index in [1.165, 1.54) is 0 Å². The summed E-state index contributed by atoms with van der Waals surface area (Å²) in [6.45, 7) is 6.04. The number of hydrogen-bond donors (Lipinski definition) is 2. The SMILES string of the molecule is Cc1nnc(CN=C(NCC2CCCO2)NC2CCN(c3ccccn3)CC2)n1C. The van der Waals surface area contributed by atoms with Crippen LogP contribution in [0.3, 0.4) is 0 Å². The molecular weight excluding hydrogens is 380 g/mol. The molecular formula is C21H32N8O. The van der Waals surface area contributed by atoms with E-state index in [0.717, 1.165) is 75.4 Å². The fourth-order valence-corrected chi connectivity index (χ4v) is 3.89. The zero-order valence-corrected chi connectivity index (χ0v) is 17.9. The number of guanidine groups is 1. The van der Waals surface area contributed by atoms with Crippen molar-refractivity contribution in [1.82, 2.24) is 30.4 Å². The molecule has 0 radical (unpaired) electrons. The van der Waals surface area contributed by atoms with Gasteiger partial charge in [-0.05, 0) is 44.7 Å². The van der Waals surface area contributed by atoms with Crippen molar-refractivity contribution >= 4 is 11.8 Å². The fourth-order valence-electron chi connectivity index (χ4n) is 3.89. The molecule has 2 aliphatic heterocycles. The van der Waals surface area contributed by atoms with Gasteiger partial charge in [-0.15, -0.1) is 10.2 Å². The molecule has 0 bridgehead atoms. The van der Waals surface area contributed by atoms with Gasteiger partial charge in [0.1, 0.15) is 18.2 Å². The Balaban J connectivity index is 1.35.